The van der Waals surface area contributed by atoms with Crippen LogP contribution in [0.1, 0.15) is 18.4 Å². The molecule has 1 aromatic heterocycles. The molecule has 0 unspecified atom stereocenters. The smallest absolute Gasteiger partial charge is 0.329 e. The molecule has 0 aromatic carbocycles. The van der Waals surface area contributed by atoms with Gasteiger partial charge in [0.15, 0.2) is 0 Å². The first kappa shape index (κ1) is 12.9. The van der Waals surface area contributed by atoms with Gasteiger partial charge in [-0.05, 0) is 19.9 Å². The Labute approximate surface area is 106 Å². The number of ether oxygens (including phenoxy) is 1. The fourth-order valence-electron chi connectivity index (χ4n) is 2.16. The van der Waals surface area contributed by atoms with E-state index in [4.69, 9.17) is 9.84 Å². The summed E-state index contributed by atoms with van der Waals surface area (Å²) >= 11 is 0. The number of carbonyl (C=O) groups is 1. The molecule has 0 radical (unpaired) electrons. The van der Waals surface area contributed by atoms with Gasteiger partial charge in [-0.3, -0.25) is 4.90 Å². The third-order valence-electron chi connectivity index (χ3n) is 2.88. The van der Waals surface area contributed by atoms with Crippen molar-refractivity contribution < 1.29 is 14.6 Å². The molecule has 0 spiro atoms. The lowest BCUT2D eigenvalue weighted by Crippen LogP contribution is -2.61. The summed E-state index contributed by atoms with van der Waals surface area (Å²) < 4.78 is 5.34. The number of aliphatic carboxylic acids is 1. The second-order valence-corrected chi connectivity index (χ2v) is 4.87. The Bertz CT molecular complexity index is 444. The number of hydrogen-bond donors (Lipinski definition) is 1. The van der Waals surface area contributed by atoms with Gasteiger partial charge in [-0.25, -0.2) is 14.8 Å². The minimum absolute atomic E-state index is 0.239. The van der Waals surface area contributed by atoms with E-state index in [1.165, 1.54) is 0 Å². The van der Waals surface area contributed by atoms with Crippen molar-refractivity contribution in [3.63, 3.8) is 0 Å². The average molecular weight is 251 g/mol. The molecule has 0 bridgehead atoms. The molecule has 0 saturated carbocycles. The van der Waals surface area contributed by atoms with E-state index in [0.29, 0.717) is 0 Å². The zero-order chi connectivity index (χ0) is 13.2. The zero-order valence-corrected chi connectivity index (χ0v) is 10.6. The van der Waals surface area contributed by atoms with Gasteiger partial charge in [0.05, 0.1) is 11.3 Å². The van der Waals surface area contributed by atoms with E-state index in [-0.39, 0.29) is 12.2 Å². The van der Waals surface area contributed by atoms with Gasteiger partial charge in [0.25, 0.3) is 0 Å². The second-order valence-electron chi connectivity index (χ2n) is 4.87. The Kier molecular flexibility index (Phi) is 3.58. The maximum absolute atomic E-state index is 10.4. The van der Waals surface area contributed by atoms with E-state index in [9.17, 15) is 4.79 Å². The maximum Gasteiger partial charge on any atom is 0.329 e. The van der Waals surface area contributed by atoms with Crippen LogP contribution in [0.5, 0.6) is 0 Å². The molecule has 0 atom stereocenters. The van der Waals surface area contributed by atoms with Gasteiger partial charge in [-0.2, -0.15) is 0 Å². The van der Waals surface area contributed by atoms with Gasteiger partial charge in [0, 0.05) is 25.8 Å². The maximum atomic E-state index is 10.4. The van der Waals surface area contributed by atoms with E-state index in [2.05, 4.69) is 14.9 Å². The highest BCUT2D eigenvalue weighted by Gasteiger charge is 2.40. The third kappa shape index (κ3) is 3.24. The first-order valence-corrected chi connectivity index (χ1v) is 5.83. The number of carboxylic acids is 1. The van der Waals surface area contributed by atoms with E-state index in [1.54, 1.807) is 6.20 Å². The molecule has 1 saturated heterocycles. The van der Waals surface area contributed by atoms with Gasteiger partial charge in [0.1, 0.15) is 12.4 Å². The summed E-state index contributed by atoms with van der Waals surface area (Å²) in [6.07, 6.45) is 1.75. The summed E-state index contributed by atoms with van der Waals surface area (Å²) in [5.41, 5.74) is 0.628. The number of nitrogens with zero attached hydrogens (tertiary/aromatic N) is 3. The second kappa shape index (κ2) is 4.99. The first-order valence-electron chi connectivity index (χ1n) is 5.83. The Morgan fingerprint density at radius 2 is 2.33 bits per heavy atom. The van der Waals surface area contributed by atoms with Crippen molar-refractivity contribution in [1.82, 2.24) is 14.9 Å². The van der Waals surface area contributed by atoms with Crippen LogP contribution in [-0.4, -0.2) is 51.2 Å². The molecule has 2 heterocycles. The molecule has 1 aliphatic rings. The first-order chi connectivity index (χ1) is 8.47. The fourth-order valence-corrected chi connectivity index (χ4v) is 2.16. The SMILES string of the molecule is Cc1nccc(CN2CC(C)(OCC(=O)O)C2)n1. The number of aryl methyl sites for hydroxylation is 1. The molecule has 1 fully saturated rings. The van der Waals surface area contributed by atoms with Crippen molar-refractivity contribution in [3.8, 4) is 0 Å². The quantitative estimate of drug-likeness (QED) is 0.819. The summed E-state index contributed by atoms with van der Waals surface area (Å²) in [6, 6.07) is 1.89. The lowest BCUT2D eigenvalue weighted by Gasteiger charge is -2.47. The van der Waals surface area contributed by atoms with Crippen molar-refractivity contribution in [2.45, 2.75) is 26.0 Å². The van der Waals surface area contributed by atoms with E-state index in [0.717, 1.165) is 31.2 Å². The number of carboxylic acid groups (broad SMARTS) is 1. The lowest BCUT2D eigenvalue weighted by molar-refractivity contribution is -0.165. The summed E-state index contributed by atoms with van der Waals surface area (Å²) in [4.78, 5) is 21.0. The molecular formula is C12H17N3O3. The van der Waals surface area contributed by atoms with Crippen LogP contribution in [0.2, 0.25) is 0 Å². The van der Waals surface area contributed by atoms with Crippen LogP contribution in [0.3, 0.4) is 0 Å². The van der Waals surface area contributed by atoms with Crippen LogP contribution in [0.15, 0.2) is 12.3 Å². The standard InChI is InChI=1S/C12H17N3O3/c1-9-13-4-3-10(14-9)5-15-7-12(2,8-15)18-6-11(16)17/h3-4H,5-8H2,1-2H3,(H,16,17). The summed E-state index contributed by atoms with van der Waals surface area (Å²) in [7, 11) is 0. The lowest BCUT2D eigenvalue weighted by atomic mass is 9.96. The summed E-state index contributed by atoms with van der Waals surface area (Å²) in [5.74, 6) is -0.168. The average Bonchev–Trinajstić information content (AvgIpc) is 2.24. The van der Waals surface area contributed by atoms with Crippen LogP contribution in [0.25, 0.3) is 0 Å². The topological polar surface area (TPSA) is 75.6 Å². The molecule has 0 amide bonds. The largest absolute Gasteiger partial charge is 0.480 e. The number of likely N-dealkylation sites (tertiary alicyclic amines) is 1. The monoisotopic (exact) mass is 251 g/mol. The van der Waals surface area contributed by atoms with Crippen molar-refractivity contribution >= 4 is 5.97 Å². The van der Waals surface area contributed by atoms with Gasteiger partial charge < -0.3 is 9.84 Å². The van der Waals surface area contributed by atoms with Gasteiger partial charge in [-0.1, -0.05) is 0 Å². The predicted molar refractivity (Wildman–Crippen MR) is 64.0 cm³/mol. The minimum atomic E-state index is -0.930. The van der Waals surface area contributed by atoms with E-state index >= 15 is 0 Å². The highest BCUT2D eigenvalue weighted by atomic mass is 16.5. The Balaban J connectivity index is 1.80. The molecule has 18 heavy (non-hydrogen) atoms. The number of aromatic nitrogens is 2. The normalized spacial score (nSPS) is 18.3. The molecule has 6 nitrogen and oxygen atoms in total. The van der Waals surface area contributed by atoms with Crippen molar-refractivity contribution in [3.05, 3.63) is 23.8 Å². The van der Waals surface area contributed by atoms with Crippen molar-refractivity contribution in [1.29, 1.82) is 0 Å². The molecule has 2 rings (SSSR count). The Morgan fingerprint density at radius 1 is 1.61 bits per heavy atom. The number of rotatable bonds is 5. The van der Waals surface area contributed by atoms with Crippen LogP contribution in [-0.2, 0) is 16.1 Å². The highest BCUT2D eigenvalue weighted by molar-refractivity contribution is 5.68. The minimum Gasteiger partial charge on any atom is -0.480 e. The van der Waals surface area contributed by atoms with Crippen LogP contribution < -0.4 is 0 Å². The van der Waals surface area contributed by atoms with Crippen molar-refractivity contribution in [2.75, 3.05) is 19.7 Å². The van der Waals surface area contributed by atoms with Gasteiger partial charge in [0.2, 0.25) is 0 Å². The molecular weight excluding hydrogens is 234 g/mol. The molecule has 6 heteroatoms. The number of hydrogen-bond acceptors (Lipinski definition) is 5. The van der Waals surface area contributed by atoms with Gasteiger partial charge in [-0.15, -0.1) is 0 Å². The predicted octanol–water partition coefficient (Wildman–Crippen LogP) is 0.461. The third-order valence-corrected chi connectivity index (χ3v) is 2.88. The molecule has 98 valence electrons. The van der Waals surface area contributed by atoms with Crippen LogP contribution in [0, 0.1) is 6.92 Å². The molecule has 1 aromatic rings. The van der Waals surface area contributed by atoms with Gasteiger partial charge >= 0.3 is 5.97 Å². The van der Waals surface area contributed by atoms with Crippen molar-refractivity contribution in [2.24, 2.45) is 0 Å². The van der Waals surface area contributed by atoms with Crippen LogP contribution >= 0.6 is 0 Å². The summed E-state index contributed by atoms with van der Waals surface area (Å²) in [5, 5.41) is 8.57. The Hall–Kier alpha value is -1.53. The molecule has 1 aliphatic heterocycles. The fraction of sp³-hybridized carbons (Fsp3) is 0.583. The highest BCUT2D eigenvalue weighted by Crippen LogP contribution is 2.25. The molecule has 0 aliphatic carbocycles. The molecule has 1 N–H and O–H groups in total. The van der Waals surface area contributed by atoms with Crippen LogP contribution in [0.4, 0.5) is 0 Å². The zero-order valence-electron chi connectivity index (χ0n) is 10.6. The van der Waals surface area contributed by atoms with E-state index in [1.807, 2.05) is 19.9 Å². The Morgan fingerprint density at radius 3 is 2.94 bits per heavy atom. The summed E-state index contributed by atoms with van der Waals surface area (Å²) in [6.45, 7) is 5.75. The van der Waals surface area contributed by atoms with E-state index < -0.39 is 5.97 Å².